The maximum atomic E-state index is 12.9. The first-order chi connectivity index (χ1) is 13.1. The molecule has 1 fully saturated rings. The molecule has 7 nitrogen and oxygen atoms in total. The first kappa shape index (κ1) is 18.8. The van der Waals surface area contributed by atoms with Crippen molar-refractivity contribution in [2.75, 3.05) is 37.6 Å². The monoisotopic (exact) mass is 367 g/mol. The van der Waals surface area contributed by atoms with Crippen LogP contribution in [0.15, 0.2) is 36.4 Å². The number of nitrogens with zero attached hydrogens (tertiary/aromatic N) is 5. The van der Waals surface area contributed by atoms with Crippen LogP contribution in [0.1, 0.15) is 28.8 Å². The Kier molecular flexibility index (Phi) is 6.01. The van der Waals surface area contributed by atoms with Crippen molar-refractivity contribution in [1.29, 1.82) is 0 Å². The summed E-state index contributed by atoms with van der Waals surface area (Å²) >= 11 is 0. The summed E-state index contributed by atoms with van der Waals surface area (Å²) in [4.78, 5) is 38.2. The summed E-state index contributed by atoms with van der Waals surface area (Å²) in [6, 6.07) is 12.0. The van der Waals surface area contributed by atoms with Gasteiger partial charge in [0.1, 0.15) is 17.3 Å². The van der Waals surface area contributed by atoms with Crippen LogP contribution in [0.3, 0.4) is 0 Å². The van der Waals surface area contributed by atoms with E-state index in [0.29, 0.717) is 37.7 Å². The van der Waals surface area contributed by atoms with E-state index in [0.717, 1.165) is 25.3 Å². The van der Waals surface area contributed by atoms with E-state index in [2.05, 4.69) is 33.9 Å². The highest BCUT2D eigenvalue weighted by molar-refractivity contribution is 5.93. The fourth-order valence-electron chi connectivity index (χ4n) is 3.17. The molecule has 1 aliphatic heterocycles. The molecule has 1 aromatic heterocycles. The van der Waals surface area contributed by atoms with Crippen molar-refractivity contribution in [2.45, 2.75) is 20.4 Å². The van der Waals surface area contributed by atoms with Gasteiger partial charge in [0, 0.05) is 45.3 Å². The van der Waals surface area contributed by atoms with Gasteiger partial charge in [0.15, 0.2) is 0 Å². The molecular weight excluding hydrogens is 342 g/mol. The first-order valence-corrected chi connectivity index (χ1v) is 9.24. The van der Waals surface area contributed by atoms with E-state index in [-0.39, 0.29) is 5.91 Å². The molecule has 7 heteroatoms. The second-order valence-corrected chi connectivity index (χ2v) is 6.59. The molecule has 1 aliphatic rings. The summed E-state index contributed by atoms with van der Waals surface area (Å²) in [5.41, 5.74) is 1.59. The molecule has 0 unspecified atom stereocenters. The average Bonchev–Trinajstić information content (AvgIpc) is 2.71. The molecule has 0 atom stereocenters. The number of hydrogen-bond donors (Lipinski definition) is 0. The van der Waals surface area contributed by atoms with Crippen molar-refractivity contribution < 1.29 is 9.59 Å². The van der Waals surface area contributed by atoms with Crippen LogP contribution < -0.4 is 4.90 Å². The first-order valence-electron chi connectivity index (χ1n) is 9.24. The van der Waals surface area contributed by atoms with Crippen LogP contribution in [-0.2, 0) is 11.3 Å². The van der Waals surface area contributed by atoms with Crippen molar-refractivity contribution in [1.82, 2.24) is 19.8 Å². The van der Waals surface area contributed by atoms with E-state index in [1.54, 1.807) is 22.8 Å². The Bertz CT molecular complexity index is 788. The Balaban J connectivity index is 1.78. The predicted molar refractivity (Wildman–Crippen MR) is 103 cm³/mol. The van der Waals surface area contributed by atoms with E-state index in [9.17, 15) is 9.59 Å². The van der Waals surface area contributed by atoms with Gasteiger partial charge < -0.3 is 14.7 Å². The molecule has 142 valence electrons. The summed E-state index contributed by atoms with van der Waals surface area (Å²) in [6.07, 6.45) is 0.831. The smallest absolute Gasteiger partial charge is 0.272 e. The minimum absolute atomic E-state index is 0.108. The third-order valence-corrected chi connectivity index (χ3v) is 4.72. The van der Waals surface area contributed by atoms with E-state index in [1.165, 1.54) is 5.56 Å². The highest BCUT2D eigenvalue weighted by Gasteiger charge is 2.23. The molecule has 2 amide bonds. The molecule has 27 heavy (non-hydrogen) atoms. The Hall–Kier alpha value is -2.96. The lowest BCUT2D eigenvalue weighted by atomic mass is 10.2. The fourth-order valence-corrected chi connectivity index (χ4v) is 3.17. The molecule has 2 heterocycles. The molecule has 0 radical (unpaired) electrons. The molecular formula is C20H25N5O2. The highest BCUT2D eigenvalue weighted by atomic mass is 16.2. The van der Waals surface area contributed by atoms with Gasteiger partial charge in [-0.3, -0.25) is 9.59 Å². The zero-order valence-corrected chi connectivity index (χ0v) is 15.8. The Morgan fingerprint density at radius 3 is 2.48 bits per heavy atom. The molecule has 0 N–H and O–H groups in total. The molecule has 0 aliphatic carbocycles. The zero-order valence-electron chi connectivity index (χ0n) is 15.8. The second kappa shape index (κ2) is 8.62. The van der Waals surface area contributed by atoms with Gasteiger partial charge in [-0.1, -0.05) is 30.3 Å². The van der Waals surface area contributed by atoms with Crippen molar-refractivity contribution in [2.24, 2.45) is 0 Å². The lowest BCUT2D eigenvalue weighted by Crippen LogP contribution is -2.48. The van der Waals surface area contributed by atoms with Gasteiger partial charge in [0.05, 0.1) is 0 Å². The summed E-state index contributed by atoms with van der Waals surface area (Å²) in [5.74, 6) is 1.22. The number of anilines is 1. The van der Waals surface area contributed by atoms with Gasteiger partial charge in [-0.05, 0) is 19.4 Å². The van der Waals surface area contributed by atoms with E-state index in [4.69, 9.17) is 0 Å². The molecule has 2 aromatic rings. The van der Waals surface area contributed by atoms with Gasteiger partial charge in [0.2, 0.25) is 6.41 Å². The number of carbonyl (C=O) groups is 2. The van der Waals surface area contributed by atoms with E-state index >= 15 is 0 Å². The standard InChI is InChI=1S/C20H25N5O2/c1-3-24(14-17-7-5-4-6-8-17)19-13-18(21-16(2)22-19)20(27)25-11-9-23(15-26)10-12-25/h4-8,13,15H,3,9-12,14H2,1-2H3. The highest BCUT2D eigenvalue weighted by Crippen LogP contribution is 2.17. The summed E-state index contributed by atoms with van der Waals surface area (Å²) < 4.78 is 0. The van der Waals surface area contributed by atoms with Gasteiger partial charge in [-0.2, -0.15) is 0 Å². The van der Waals surface area contributed by atoms with Gasteiger partial charge in [-0.15, -0.1) is 0 Å². The SMILES string of the molecule is CCN(Cc1ccccc1)c1cc(C(=O)N2CCN(C=O)CC2)nc(C)n1. The van der Waals surface area contributed by atoms with Crippen LogP contribution in [0.5, 0.6) is 0 Å². The minimum atomic E-state index is -0.108. The van der Waals surface area contributed by atoms with Crippen molar-refractivity contribution in [3.8, 4) is 0 Å². The van der Waals surface area contributed by atoms with Gasteiger partial charge in [0.25, 0.3) is 5.91 Å². The quantitative estimate of drug-likeness (QED) is 0.727. The lowest BCUT2D eigenvalue weighted by molar-refractivity contribution is -0.119. The van der Waals surface area contributed by atoms with Gasteiger partial charge in [-0.25, -0.2) is 9.97 Å². The second-order valence-electron chi connectivity index (χ2n) is 6.59. The zero-order chi connectivity index (χ0) is 19.2. The van der Waals surface area contributed by atoms with Crippen LogP contribution in [-0.4, -0.2) is 64.8 Å². The third kappa shape index (κ3) is 4.61. The van der Waals surface area contributed by atoms with Crippen LogP contribution in [0, 0.1) is 6.92 Å². The van der Waals surface area contributed by atoms with E-state index < -0.39 is 0 Å². The number of piperazine rings is 1. The lowest BCUT2D eigenvalue weighted by Gasteiger charge is -2.32. The number of benzene rings is 1. The number of aryl methyl sites for hydroxylation is 1. The van der Waals surface area contributed by atoms with Crippen LogP contribution in [0.2, 0.25) is 0 Å². The van der Waals surface area contributed by atoms with Crippen molar-refractivity contribution in [3.05, 3.63) is 53.5 Å². The number of hydrogen-bond acceptors (Lipinski definition) is 5. The molecule has 0 spiro atoms. The molecule has 3 rings (SSSR count). The maximum Gasteiger partial charge on any atom is 0.272 e. The van der Waals surface area contributed by atoms with E-state index in [1.807, 2.05) is 18.2 Å². The molecule has 1 aromatic carbocycles. The maximum absolute atomic E-state index is 12.9. The summed E-state index contributed by atoms with van der Waals surface area (Å²) in [6.45, 7) is 7.54. The fraction of sp³-hybridized carbons (Fsp3) is 0.400. The van der Waals surface area contributed by atoms with Crippen molar-refractivity contribution >= 4 is 18.1 Å². The van der Waals surface area contributed by atoms with Gasteiger partial charge >= 0.3 is 0 Å². The predicted octanol–water partition coefficient (Wildman–Crippen LogP) is 1.73. The molecule has 0 saturated carbocycles. The van der Waals surface area contributed by atoms with Crippen LogP contribution in [0.4, 0.5) is 5.82 Å². The number of carbonyl (C=O) groups excluding carboxylic acids is 2. The number of amides is 2. The topological polar surface area (TPSA) is 69.6 Å². The Morgan fingerprint density at radius 1 is 1.15 bits per heavy atom. The normalized spacial score (nSPS) is 14.1. The van der Waals surface area contributed by atoms with Crippen LogP contribution >= 0.6 is 0 Å². The average molecular weight is 367 g/mol. The number of aromatic nitrogens is 2. The molecule has 0 bridgehead atoms. The molecule has 1 saturated heterocycles. The summed E-state index contributed by atoms with van der Waals surface area (Å²) in [5, 5.41) is 0. The van der Waals surface area contributed by atoms with Crippen molar-refractivity contribution in [3.63, 3.8) is 0 Å². The summed E-state index contributed by atoms with van der Waals surface area (Å²) in [7, 11) is 0. The third-order valence-electron chi connectivity index (χ3n) is 4.72. The van der Waals surface area contributed by atoms with Crippen LogP contribution in [0.25, 0.3) is 0 Å². The minimum Gasteiger partial charge on any atom is -0.352 e. The number of rotatable bonds is 6. The largest absolute Gasteiger partial charge is 0.352 e. The Labute approximate surface area is 159 Å². The Morgan fingerprint density at radius 2 is 1.85 bits per heavy atom.